The zero-order valence-corrected chi connectivity index (χ0v) is 19.4. The summed E-state index contributed by atoms with van der Waals surface area (Å²) >= 11 is 0. The van der Waals surface area contributed by atoms with E-state index in [1.54, 1.807) is 50.0 Å². The second kappa shape index (κ2) is 10.0. The number of amides is 1. The minimum atomic E-state index is -0.485. The molecule has 180 valence electrons. The van der Waals surface area contributed by atoms with Gasteiger partial charge < -0.3 is 18.3 Å². The number of ether oxygens (including phenoxy) is 2. The first-order valence-electron chi connectivity index (χ1n) is 11.6. The Balaban J connectivity index is 1.31. The van der Waals surface area contributed by atoms with E-state index in [4.69, 9.17) is 23.4 Å². The summed E-state index contributed by atoms with van der Waals surface area (Å²) in [5.74, 6) is 1.22. The predicted molar refractivity (Wildman–Crippen MR) is 127 cm³/mol. The molecule has 8 heteroatoms. The predicted octanol–water partition coefficient (Wildman–Crippen LogP) is 4.79. The lowest BCUT2D eigenvalue weighted by Crippen LogP contribution is -2.34. The van der Waals surface area contributed by atoms with Gasteiger partial charge in [-0.3, -0.25) is 9.59 Å². The molecule has 2 unspecified atom stereocenters. The van der Waals surface area contributed by atoms with Crippen LogP contribution in [0.1, 0.15) is 42.4 Å². The smallest absolute Gasteiger partial charge is 0.310 e. The first kappa shape index (κ1) is 22.7. The molecule has 8 nitrogen and oxygen atoms in total. The molecule has 2 aromatic heterocycles. The summed E-state index contributed by atoms with van der Waals surface area (Å²) in [6.45, 7) is -0.396. The maximum Gasteiger partial charge on any atom is 0.310 e. The summed E-state index contributed by atoms with van der Waals surface area (Å²) in [5, 5.41) is 6.13. The first-order valence-corrected chi connectivity index (χ1v) is 11.6. The summed E-state index contributed by atoms with van der Waals surface area (Å²) in [6, 6.07) is 14.1. The highest BCUT2D eigenvalue weighted by atomic mass is 16.5. The van der Waals surface area contributed by atoms with Gasteiger partial charge in [0.25, 0.3) is 5.91 Å². The van der Waals surface area contributed by atoms with E-state index in [-0.39, 0.29) is 18.4 Å². The fourth-order valence-electron chi connectivity index (χ4n) is 4.66. The Hall–Kier alpha value is -4.07. The van der Waals surface area contributed by atoms with Crippen molar-refractivity contribution in [2.24, 2.45) is 11.0 Å². The number of esters is 1. The number of carbonyl (C=O) groups is 2. The first-order chi connectivity index (χ1) is 17.1. The van der Waals surface area contributed by atoms with Crippen molar-refractivity contribution >= 4 is 23.7 Å². The topological polar surface area (TPSA) is 94.5 Å². The van der Waals surface area contributed by atoms with Crippen LogP contribution in [0.25, 0.3) is 6.08 Å². The number of furan rings is 2. The second-order valence-corrected chi connectivity index (χ2v) is 8.55. The average molecular weight is 475 g/mol. The maximum atomic E-state index is 13.2. The van der Waals surface area contributed by atoms with Crippen LogP contribution < -0.4 is 4.74 Å². The number of methoxy groups -OCH3 is 1. The minimum Gasteiger partial charge on any atom is -0.497 e. The number of benzene rings is 1. The molecule has 0 bridgehead atoms. The highest BCUT2D eigenvalue weighted by Crippen LogP contribution is 2.44. The van der Waals surface area contributed by atoms with Gasteiger partial charge in [0, 0.05) is 5.92 Å². The molecule has 2 aliphatic rings. The molecule has 0 saturated heterocycles. The fraction of sp³-hybridized carbons (Fsp3) is 0.296. The molecule has 3 heterocycles. The van der Waals surface area contributed by atoms with Crippen molar-refractivity contribution in [2.75, 3.05) is 13.7 Å². The Morgan fingerprint density at radius 1 is 1.11 bits per heavy atom. The number of fused-ring (bicyclic) bond motifs is 1. The molecule has 1 fully saturated rings. The van der Waals surface area contributed by atoms with Crippen LogP contribution in [0.3, 0.4) is 0 Å². The third-order valence-electron chi connectivity index (χ3n) is 6.32. The van der Waals surface area contributed by atoms with Crippen LogP contribution in [-0.2, 0) is 20.7 Å². The van der Waals surface area contributed by atoms with E-state index >= 15 is 0 Å². The number of hydrazone groups is 1. The monoisotopic (exact) mass is 474 g/mol. The minimum absolute atomic E-state index is 0.00457. The van der Waals surface area contributed by atoms with Gasteiger partial charge in [-0.2, -0.15) is 5.10 Å². The van der Waals surface area contributed by atoms with Gasteiger partial charge in [0.2, 0.25) is 0 Å². The third kappa shape index (κ3) is 4.91. The lowest BCUT2D eigenvalue weighted by atomic mass is 9.79. The summed E-state index contributed by atoms with van der Waals surface area (Å²) in [7, 11) is 1.58. The zero-order chi connectivity index (χ0) is 24.2. The summed E-state index contributed by atoms with van der Waals surface area (Å²) in [6.07, 6.45) is 7.95. The average Bonchev–Trinajstić information content (AvgIpc) is 3.64. The van der Waals surface area contributed by atoms with Gasteiger partial charge in [0.05, 0.1) is 31.8 Å². The van der Waals surface area contributed by atoms with E-state index in [2.05, 4.69) is 0 Å². The summed E-state index contributed by atoms with van der Waals surface area (Å²) < 4.78 is 21.6. The Labute approximate surface area is 202 Å². The Morgan fingerprint density at radius 3 is 2.63 bits per heavy atom. The fourth-order valence-corrected chi connectivity index (χ4v) is 4.66. The van der Waals surface area contributed by atoms with Crippen molar-refractivity contribution in [3.05, 3.63) is 83.7 Å². The number of hydrogen-bond acceptors (Lipinski definition) is 7. The number of nitrogens with zero attached hydrogens (tertiary/aromatic N) is 2. The standard InChI is InChI=1S/C27H26N2O6/c1-32-20-11-9-18(10-12-20)15-25(31)35-17-24(30)29-27(23-8-4-14-34-23)22-7-2-5-19(26(22)28-29)16-21-6-3-13-33-21/h3-4,6,8-14,16,22,27H,2,5,7,15,17H2,1H3/b19-16+. The van der Waals surface area contributed by atoms with E-state index in [1.165, 1.54) is 5.01 Å². The molecule has 1 saturated carbocycles. The van der Waals surface area contributed by atoms with Crippen molar-refractivity contribution in [3.63, 3.8) is 0 Å². The third-order valence-corrected chi connectivity index (χ3v) is 6.32. The van der Waals surface area contributed by atoms with Gasteiger partial charge in [-0.15, -0.1) is 0 Å². The molecule has 3 aromatic rings. The van der Waals surface area contributed by atoms with Crippen LogP contribution in [-0.4, -0.2) is 36.3 Å². The maximum absolute atomic E-state index is 13.2. The number of rotatable bonds is 7. The van der Waals surface area contributed by atoms with Crippen LogP contribution in [0, 0.1) is 5.92 Å². The van der Waals surface area contributed by atoms with Crippen molar-refractivity contribution in [2.45, 2.75) is 31.7 Å². The molecule has 0 spiro atoms. The molecule has 1 amide bonds. The number of allylic oxidation sites excluding steroid dienone is 1. The van der Waals surface area contributed by atoms with E-state index < -0.39 is 18.5 Å². The molecule has 0 N–H and O–H groups in total. The quantitative estimate of drug-likeness (QED) is 0.457. The Morgan fingerprint density at radius 2 is 1.91 bits per heavy atom. The molecular weight excluding hydrogens is 448 g/mol. The number of hydrogen-bond donors (Lipinski definition) is 0. The van der Waals surface area contributed by atoms with Crippen LogP contribution in [0.2, 0.25) is 0 Å². The highest BCUT2D eigenvalue weighted by molar-refractivity contribution is 6.08. The van der Waals surface area contributed by atoms with Gasteiger partial charge in [0.1, 0.15) is 23.3 Å². The van der Waals surface area contributed by atoms with Crippen LogP contribution in [0.4, 0.5) is 0 Å². The molecule has 0 radical (unpaired) electrons. The van der Waals surface area contributed by atoms with E-state index in [0.717, 1.165) is 41.9 Å². The molecule has 5 rings (SSSR count). The normalized spacial score (nSPS) is 20.4. The van der Waals surface area contributed by atoms with E-state index in [9.17, 15) is 9.59 Å². The molecule has 2 atom stereocenters. The molecular formula is C27H26N2O6. The highest BCUT2D eigenvalue weighted by Gasteiger charge is 2.45. The lowest BCUT2D eigenvalue weighted by Gasteiger charge is -2.27. The SMILES string of the molecule is COc1ccc(CC(=O)OCC(=O)N2N=C3/C(=C/c4ccco4)CCCC3C2c2ccco2)cc1. The lowest BCUT2D eigenvalue weighted by molar-refractivity contribution is -0.152. The van der Waals surface area contributed by atoms with Crippen LogP contribution in [0.5, 0.6) is 5.75 Å². The van der Waals surface area contributed by atoms with E-state index in [0.29, 0.717) is 11.5 Å². The zero-order valence-electron chi connectivity index (χ0n) is 19.4. The largest absolute Gasteiger partial charge is 0.497 e. The van der Waals surface area contributed by atoms with Gasteiger partial charge in [0.15, 0.2) is 6.61 Å². The second-order valence-electron chi connectivity index (χ2n) is 8.55. The Bertz CT molecular complexity index is 1230. The number of carbonyl (C=O) groups excluding carboxylic acids is 2. The molecule has 1 aromatic carbocycles. The van der Waals surface area contributed by atoms with Crippen molar-refractivity contribution in [1.29, 1.82) is 0 Å². The van der Waals surface area contributed by atoms with Gasteiger partial charge in [-0.1, -0.05) is 12.1 Å². The van der Waals surface area contributed by atoms with Gasteiger partial charge in [-0.25, -0.2) is 5.01 Å². The van der Waals surface area contributed by atoms with Crippen LogP contribution in [0.15, 0.2) is 80.6 Å². The summed E-state index contributed by atoms with van der Waals surface area (Å²) in [4.78, 5) is 25.6. The van der Waals surface area contributed by atoms with Crippen molar-refractivity contribution in [1.82, 2.24) is 5.01 Å². The van der Waals surface area contributed by atoms with E-state index in [1.807, 2.05) is 24.3 Å². The van der Waals surface area contributed by atoms with Crippen molar-refractivity contribution in [3.8, 4) is 5.75 Å². The van der Waals surface area contributed by atoms with Crippen LogP contribution >= 0.6 is 0 Å². The Kier molecular flexibility index (Phi) is 6.52. The molecule has 1 aliphatic heterocycles. The molecule has 35 heavy (non-hydrogen) atoms. The van der Waals surface area contributed by atoms with Gasteiger partial charge >= 0.3 is 5.97 Å². The molecule has 1 aliphatic carbocycles. The summed E-state index contributed by atoms with van der Waals surface area (Å²) in [5.41, 5.74) is 2.67. The van der Waals surface area contributed by atoms with Gasteiger partial charge in [-0.05, 0) is 72.9 Å². The van der Waals surface area contributed by atoms with Crippen molar-refractivity contribution < 1.29 is 27.9 Å².